The molecule has 1 saturated carbocycles. The molecule has 5 heteroatoms. The van der Waals surface area contributed by atoms with Crippen LogP contribution in [0.4, 0.5) is 5.69 Å². The molecule has 17 heavy (non-hydrogen) atoms. The summed E-state index contributed by atoms with van der Waals surface area (Å²) in [6.45, 7) is 0. The van der Waals surface area contributed by atoms with Crippen LogP contribution in [0.3, 0.4) is 0 Å². The van der Waals surface area contributed by atoms with Gasteiger partial charge in [-0.3, -0.25) is 9.78 Å². The van der Waals surface area contributed by atoms with Gasteiger partial charge in [-0.2, -0.15) is 0 Å². The summed E-state index contributed by atoms with van der Waals surface area (Å²) in [6.07, 6.45) is 6.88. The standard InChI is InChI=1S/C12H18N4O/c13-8-1-3-9(4-2-8)16-12(17)10-7-15-6-5-11(10)14/h5-9H,1-4,13H2,(H2,14,15)(H,16,17)/t8-,9-. The third kappa shape index (κ3) is 2.94. The quantitative estimate of drug-likeness (QED) is 0.700. The molecule has 92 valence electrons. The lowest BCUT2D eigenvalue weighted by atomic mass is 9.91. The molecule has 0 aliphatic heterocycles. The highest BCUT2D eigenvalue weighted by atomic mass is 16.1. The van der Waals surface area contributed by atoms with Gasteiger partial charge in [0.05, 0.1) is 5.56 Å². The van der Waals surface area contributed by atoms with E-state index >= 15 is 0 Å². The van der Waals surface area contributed by atoms with Crippen LogP contribution in [0.2, 0.25) is 0 Å². The Morgan fingerprint density at radius 3 is 2.71 bits per heavy atom. The molecule has 0 spiro atoms. The van der Waals surface area contributed by atoms with Crippen molar-refractivity contribution in [2.24, 2.45) is 5.73 Å². The maximum atomic E-state index is 12.0. The molecule has 0 radical (unpaired) electrons. The lowest BCUT2D eigenvalue weighted by Crippen LogP contribution is -2.40. The van der Waals surface area contributed by atoms with Gasteiger partial charge < -0.3 is 16.8 Å². The zero-order chi connectivity index (χ0) is 12.3. The van der Waals surface area contributed by atoms with Crippen molar-refractivity contribution < 1.29 is 4.79 Å². The van der Waals surface area contributed by atoms with E-state index in [-0.39, 0.29) is 18.0 Å². The van der Waals surface area contributed by atoms with E-state index in [2.05, 4.69) is 10.3 Å². The number of nitrogens with one attached hydrogen (secondary N) is 1. The highest BCUT2D eigenvalue weighted by Crippen LogP contribution is 2.18. The highest BCUT2D eigenvalue weighted by Gasteiger charge is 2.21. The maximum Gasteiger partial charge on any atom is 0.255 e. The summed E-state index contributed by atoms with van der Waals surface area (Å²) >= 11 is 0. The van der Waals surface area contributed by atoms with E-state index < -0.39 is 0 Å². The largest absolute Gasteiger partial charge is 0.398 e. The number of nitrogens with zero attached hydrogens (tertiary/aromatic N) is 1. The van der Waals surface area contributed by atoms with Crippen LogP contribution < -0.4 is 16.8 Å². The zero-order valence-corrected chi connectivity index (χ0v) is 9.73. The van der Waals surface area contributed by atoms with Crippen LogP contribution in [0.25, 0.3) is 0 Å². The minimum atomic E-state index is -0.143. The number of hydrogen-bond acceptors (Lipinski definition) is 4. The Morgan fingerprint density at radius 1 is 1.35 bits per heavy atom. The molecule has 1 heterocycles. The van der Waals surface area contributed by atoms with Gasteiger partial charge in [-0.15, -0.1) is 0 Å². The summed E-state index contributed by atoms with van der Waals surface area (Å²) in [6, 6.07) is 2.12. The van der Waals surface area contributed by atoms with Gasteiger partial charge in [-0.05, 0) is 31.7 Å². The SMILES string of the molecule is Nc1ccncc1C(=O)N[C@H]1CC[C@H](N)CC1. The Bertz CT molecular complexity index is 399. The number of carbonyl (C=O) groups is 1. The van der Waals surface area contributed by atoms with Crippen molar-refractivity contribution in [2.45, 2.75) is 37.8 Å². The molecule has 1 aromatic rings. The third-order valence-corrected chi connectivity index (χ3v) is 3.21. The smallest absolute Gasteiger partial charge is 0.255 e. The first-order chi connectivity index (χ1) is 8.16. The molecule has 5 N–H and O–H groups in total. The van der Waals surface area contributed by atoms with Crippen molar-refractivity contribution in [3.63, 3.8) is 0 Å². The molecule has 0 aromatic carbocycles. The molecule has 0 atom stereocenters. The molecule has 1 aliphatic carbocycles. The predicted molar refractivity (Wildman–Crippen MR) is 66.3 cm³/mol. The van der Waals surface area contributed by atoms with E-state index in [4.69, 9.17) is 11.5 Å². The van der Waals surface area contributed by atoms with Gasteiger partial charge in [-0.1, -0.05) is 0 Å². The Morgan fingerprint density at radius 2 is 2.06 bits per heavy atom. The normalized spacial score (nSPS) is 24.3. The number of anilines is 1. The van der Waals surface area contributed by atoms with Crippen LogP contribution in [0, 0.1) is 0 Å². The van der Waals surface area contributed by atoms with Crippen LogP contribution in [0.1, 0.15) is 36.0 Å². The van der Waals surface area contributed by atoms with Crippen molar-refractivity contribution in [3.8, 4) is 0 Å². The number of rotatable bonds is 2. The molecule has 2 rings (SSSR count). The highest BCUT2D eigenvalue weighted by molar-refractivity contribution is 5.98. The fourth-order valence-electron chi connectivity index (χ4n) is 2.12. The van der Waals surface area contributed by atoms with Crippen LogP contribution in [-0.4, -0.2) is 23.0 Å². The average molecular weight is 234 g/mol. The van der Waals surface area contributed by atoms with Crippen LogP contribution >= 0.6 is 0 Å². The second-order valence-electron chi connectivity index (χ2n) is 4.55. The third-order valence-electron chi connectivity index (χ3n) is 3.21. The fourth-order valence-corrected chi connectivity index (χ4v) is 2.12. The van der Waals surface area contributed by atoms with E-state index in [0.29, 0.717) is 11.3 Å². The molecule has 1 amide bonds. The minimum Gasteiger partial charge on any atom is -0.398 e. The van der Waals surface area contributed by atoms with Gasteiger partial charge >= 0.3 is 0 Å². The van der Waals surface area contributed by atoms with Crippen molar-refractivity contribution >= 4 is 11.6 Å². The minimum absolute atomic E-state index is 0.143. The molecule has 1 aromatic heterocycles. The Kier molecular flexibility index (Phi) is 3.58. The molecule has 1 fully saturated rings. The van der Waals surface area contributed by atoms with Crippen LogP contribution in [-0.2, 0) is 0 Å². The van der Waals surface area contributed by atoms with Gasteiger partial charge in [0.2, 0.25) is 0 Å². The number of pyridine rings is 1. The van der Waals surface area contributed by atoms with Gasteiger partial charge in [0, 0.05) is 30.2 Å². The number of hydrogen-bond donors (Lipinski definition) is 3. The molecule has 0 bridgehead atoms. The van der Waals surface area contributed by atoms with Gasteiger partial charge in [0.1, 0.15) is 0 Å². The van der Waals surface area contributed by atoms with E-state index in [1.54, 1.807) is 12.3 Å². The van der Waals surface area contributed by atoms with E-state index in [9.17, 15) is 4.79 Å². The topological polar surface area (TPSA) is 94.0 Å². The zero-order valence-electron chi connectivity index (χ0n) is 9.73. The lowest BCUT2D eigenvalue weighted by molar-refractivity contribution is 0.0926. The summed E-state index contributed by atoms with van der Waals surface area (Å²) in [5.74, 6) is -0.143. The number of carbonyl (C=O) groups excluding carboxylic acids is 1. The summed E-state index contributed by atoms with van der Waals surface area (Å²) in [5, 5.41) is 2.98. The second kappa shape index (κ2) is 5.14. The molecular formula is C12H18N4O. The molecule has 0 unspecified atom stereocenters. The van der Waals surface area contributed by atoms with Gasteiger partial charge in [0.25, 0.3) is 5.91 Å². The number of nitrogens with two attached hydrogens (primary N) is 2. The fraction of sp³-hybridized carbons (Fsp3) is 0.500. The van der Waals surface area contributed by atoms with E-state index in [0.717, 1.165) is 25.7 Å². The van der Waals surface area contributed by atoms with Crippen LogP contribution in [0.5, 0.6) is 0 Å². The second-order valence-corrected chi connectivity index (χ2v) is 4.55. The average Bonchev–Trinajstić information content (AvgIpc) is 2.32. The lowest BCUT2D eigenvalue weighted by Gasteiger charge is -2.26. The monoisotopic (exact) mass is 234 g/mol. The maximum absolute atomic E-state index is 12.0. The van der Waals surface area contributed by atoms with Crippen LogP contribution in [0.15, 0.2) is 18.5 Å². The first-order valence-electron chi connectivity index (χ1n) is 5.92. The summed E-state index contributed by atoms with van der Waals surface area (Å²) in [7, 11) is 0. The number of nitrogen functional groups attached to an aromatic ring is 1. The molecular weight excluding hydrogens is 216 g/mol. The van der Waals surface area contributed by atoms with Gasteiger partial charge in [-0.25, -0.2) is 0 Å². The molecule has 5 nitrogen and oxygen atoms in total. The van der Waals surface area contributed by atoms with Crippen molar-refractivity contribution in [3.05, 3.63) is 24.0 Å². The number of aromatic nitrogens is 1. The predicted octanol–water partition coefficient (Wildman–Crippen LogP) is 0.663. The Hall–Kier alpha value is -1.62. The molecule has 0 saturated heterocycles. The first kappa shape index (κ1) is 11.9. The Labute approximate surface area is 101 Å². The van der Waals surface area contributed by atoms with Crippen molar-refractivity contribution in [1.82, 2.24) is 10.3 Å². The summed E-state index contributed by atoms with van der Waals surface area (Å²) in [5.41, 5.74) is 12.5. The van der Waals surface area contributed by atoms with Gasteiger partial charge in [0.15, 0.2) is 0 Å². The summed E-state index contributed by atoms with van der Waals surface area (Å²) < 4.78 is 0. The van der Waals surface area contributed by atoms with Crippen molar-refractivity contribution in [2.75, 3.05) is 5.73 Å². The Balaban J connectivity index is 1.96. The molecule has 1 aliphatic rings. The van der Waals surface area contributed by atoms with E-state index in [1.807, 2.05) is 0 Å². The number of amides is 1. The van der Waals surface area contributed by atoms with Crippen molar-refractivity contribution in [1.29, 1.82) is 0 Å². The summed E-state index contributed by atoms with van der Waals surface area (Å²) in [4.78, 5) is 15.9. The first-order valence-corrected chi connectivity index (χ1v) is 5.92. The van der Waals surface area contributed by atoms with E-state index in [1.165, 1.54) is 6.20 Å².